The molecule has 3 aromatic heterocycles. The quantitative estimate of drug-likeness (QED) is 0.295. The molecule has 4 rings (SSSR count). The van der Waals surface area contributed by atoms with E-state index in [1.807, 2.05) is 0 Å². The molecule has 0 spiro atoms. The molecule has 0 aliphatic rings. The zero-order chi connectivity index (χ0) is 29.4. The Labute approximate surface area is 220 Å². The van der Waals surface area contributed by atoms with Crippen molar-refractivity contribution in [3.05, 3.63) is 80.6 Å². The molecule has 0 saturated heterocycles. The number of anilines is 1. The maximum atomic E-state index is 14.9. The lowest BCUT2D eigenvalue weighted by atomic mass is 10.0. The van der Waals surface area contributed by atoms with E-state index in [2.05, 4.69) is 20.4 Å². The van der Waals surface area contributed by atoms with Gasteiger partial charge in [-0.25, -0.2) is 19.5 Å². The highest BCUT2D eigenvalue weighted by Gasteiger charge is 2.37. The van der Waals surface area contributed by atoms with Gasteiger partial charge in [-0.05, 0) is 42.8 Å². The van der Waals surface area contributed by atoms with E-state index < -0.39 is 52.1 Å². The van der Waals surface area contributed by atoms with Crippen molar-refractivity contribution in [2.75, 3.05) is 5.32 Å². The van der Waals surface area contributed by atoms with Crippen LogP contribution in [0.5, 0.6) is 0 Å². The molecule has 1 aromatic carbocycles. The van der Waals surface area contributed by atoms with Gasteiger partial charge in [0, 0.05) is 31.2 Å². The first-order chi connectivity index (χ1) is 18.6. The summed E-state index contributed by atoms with van der Waals surface area (Å²) in [6, 6.07) is 3.20. The van der Waals surface area contributed by atoms with E-state index in [-0.39, 0.29) is 29.2 Å². The van der Waals surface area contributed by atoms with Crippen molar-refractivity contribution in [3.8, 4) is 11.4 Å². The van der Waals surface area contributed by atoms with Gasteiger partial charge in [-0.3, -0.25) is 9.59 Å². The summed E-state index contributed by atoms with van der Waals surface area (Å²) in [7, 11) is 0. The second-order valence-electron chi connectivity index (χ2n) is 9.36. The van der Waals surface area contributed by atoms with Gasteiger partial charge in [-0.1, -0.05) is 6.92 Å². The number of hydrogen-bond donors (Lipinski definition) is 2. The first kappa shape index (κ1) is 28.7. The number of nitrogens with one attached hydrogen (secondary N) is 2. The van der Waals surface area contributed by atoms with Crippen LogP contribution in [0.3, 0.4) is 0 Å². The molecule has 0 saturated carbocycles. The van der Waals surface area contributed by atoms with Crippen LogP contribution in [-0.4, -0.2) is 30.8 Å². The minimum absolute atomic E-state index is 0.0124. The van der Waals surface area contributed by atoms with Gasteiger partial charge >= 0.3 is 12.4 Å². The Morgan fingerprint density at radius 3 is 2.30 bits per heavy atom. The summed E-state index contributed by atoms with van der Waals surface area (Å²) in [6.45, 7) is 3.52. The second-order valence-corrected chi connectivity index (χ2v) is 9.36. The lowest BCUT2D eigenvalue weighted by Crippen LogP contribution is -2.29. The van der Waals surface area contributed by atoms with Crippen LogP contribution >= 0.6 is 0 Å². The number of H-pyrrole nitrogens is 1. The van der Waals surface area contributed by atoms with Gasteiger partial charge < -0.3 is 9.88 Å². The maximum absolute atomic E-state index is 14.9. The molecule has 0 aliphatic heterocycles. The average molecular weight is 570 g/mol. The molecular formula is C25H21F7N6O2. The van der Waals surface area contributed by atoms with Gasteiger partial charge in [-0.15, -0.1) is 0 Å². The van der Waals surface area contributed by atoms with Crippen molar-refractivity contribution >= 4 is 16.5 Å². The SMILES string of the molecule is CC(C[C@H](C)Nc1cn[nH]c(=O)c1C(F)(F)F)Cn1ccc2cc(-c3ncc(C(F)(F)F)cn3)c(F)cc2c1=O. The summed E-state index contributed by atoms with van der Waals surface area (Å²) >= 11 is 0. The van der Waals surface area contributed by atoms with E-state index in [1.165, 1.54) is 22.9 Å². The van der Waals surface area contributed by atoms with Crippen LogP contribution in [0.15, 0.2) is 52.6 Å². The highest BCUT2D eigenvalue weighted by Crippen LogP contribution is 2.32. The fourth-order valence-electron chi connectivity index (χ4n) is 4.36. The van der Waals surface area contributed by atoms with Gasteiger partial charge in [0.1, 0.15) is 11.4 Å². The Kier molecular flexibility index (Phi) is 7.67. The molecule has 1 unspecified atom stereocenters. The summed E-state index contributed by atoms with van der Waals surface area (Å²) < 4.78 is 94.4. The molecule has 2 atom stereocenters. The first-order valence-corrected chi connectivity index (χ1v) is 11.8. The number of nitrogens with zero attached hydrogens (tertiary/aromatic N) is 4. The Hall–Kier alpha value is -4.30. The van der Waals surface area contributed by atoms with Crippen molar-refractivity contribution in [2.45, 2.75) is 45.2 Å². The minimum Gasteiger partial charge on any atom is -0.381 e. The Bertz CT molecular complexity index is 1650. The highest BCUT2D eigenvalue weighted by molar-refractivity contribution is 5.86. The van der Waals surface area contributed by atoms with Gasteiger partial charge in [0.05, 0.1) is 28.4 Å². The summed E-state index contributed by atoms with van der Waals surface area (Å²) in [4.78, 5) is 31.9. The zero-order valence-electron chi connectivity index (χ0n) is 20.9. The number of fused-ring (bicyclic) bond motifs is 1. The molecule has 2 N–H and O–H groups in total. The van der Waals surface area contributed by atoms with Crippen LogP contribution in [0.1, 0.15) is 31.4 Å². The summed E-state index contributed by atoms with van der Waals surface area (Å²) in [5, 5.41) is 8.15. The largest absolute Gasteiger partial charge is 0.423 e. The number of alkyl halides is 6. The summed E-state index contributed by atoms with van der Waals surface area (Å²) in [5.41, 5.74) is -5.05. The van der Waals surface area contributed by atoms with Crippen LogP contribution < -0.4 is 16.4 Å². The Morgan fingerprint density at radius 2 is 1.68 bits per heavy atom. The van der Waals surface area contributed by atoms with Crippen molar-refractivity contribution in [1.29, 1.82) is 0 Å². The molecule has 0 amide bonds. The molecule has 0 bridgehead atoms. The van der Waals surface area contributed by atoms with Crippen LogP contribution in [0.4, 0.5) is 36.4 Å². The Balaban J connectivity index is 1.51. The molecule has 15 heteroatoms. The Morgan fingerprint density at radius 1 is 1.00 bits per heavy atom. The van der Waals surface area contributed by atoms with Gasteiger partial charge in [0.15, 0.2) is 5.82 Å². The van der Waals surface area contributed by atoms with E-state index >= 15 is 0 Å². The third-order valence-corrected chi connectivity index (χ3v) is 6.09. The molecular weight excluding hydrogens is 549 g/mol. The molecule has 0 fully saturated rings. The van der Waals surface area contributed by atoms with Crippen LogP contribution in [0.2, 0.25) is 0 Å². The lowest BCUT2D eigenvalue weighted by Gasteiger charge is -2.22. The predicted molar refractivity (Wildman–Crippen MR) is 131 cm³/mol. The number of hydrogen-bond acceptors (Lipinski definition) is 6. The van der Waals surface area contributed by atoms with E-state index in [0.717, 1.165) is 12.3 Å². The fourth-order valence-corrected chi connectivity index (χ4v) is 4.36. The van der Waals surface area contributed by atoms with E-state index in [1.54, 1.807) is 18.9 Å². The number of aromatic nitrogens is 5. The molecule has 0 aliphatic carbocycles. The number of aromatic amines is 1. The smallest absolute Gasteiger partial charge is 0.381 e. The van der Waals surface area contributed by atoms with Crippen LogP contribution in [0.25, 0.3) is 22.2 Å². The number of pyridine rings is 1. The third-order valence-electron chi connectivity index (χ3n) is 6.09. The van der Waals surface area contributed by atoms with E-state index in [4.69, 9.17) is 0 Å². The lowest BCUT2D eigenvalue weighted by molar-refractivity contribution is -0.139. The highest BCUT2D eigenvalue weighted by atomic mass is 19.4. The standard InChI is InChI=1S/C25H21F7N6O2/c1-12(5-13(2)36-19-10-35-37-22(39)20(19)25(30,31)32)11-38-4-3-14-6-17(18(26)7-16(14)23(38)40)21-33-8-15(9-34-21)24(27,28)29/h3-4,6-10,12-13H,5,11H2,1-2H3,(H2,36,37,39)/t12?,13-/m0/s1. The number of rotatable bonds is 7. The van der Waals surface area contributed by atoms with Crippen LogP contribution in [-0.2, 0) is 18.9 Å². The van der Waals surface area contributed by atoms with Crippen molar-refractivity contribution in [1.82, 2.24) is 24.7 Å². The monoisotopic (exact) mass is 570 g/mol. The van der Waals surface area contributed by atoms with Gasteiger partial charge in [-0.2, -0.15) is 31.4 Å². The minimum atomic E-state index is -4.89. The first-order valence-electron chi connectivity index (χ1n) is 11.8. The zero-order valence-corrected chi connectivity index (χ0v) is 20.9. The molecule has 0 radical (unpaired) electrons. The predicted octanol–water partition coefficient (Wildman–Crippen LogP) is 5.25. The number of benzene rings is 1. The van der Waals surface area contributed by atoms with E-state index in [0.29, 0.717) is 24.2 Å². The molecule has 4 aromatic rings. The maximum Gasteiger partial charge on any atom is 0.423 e. The third kappa shape index (κ3) is 6.13. The molecule has 40 heavy (non-hydrogen) atoms. The molecule has 212 valence electrons. The summed E-state index contributed by atoms with van der Waals surface area (Å²) in [5.74, 6) is -1.43. The van der Waals surface area contributed by atoms with Crippen molar-refractivity contribution in [2.24, 2.45) is 5.92 Å². The second kappa shape index (κ2) is 10.7. The van der Waals surface area contributed by atoms with Crippen molar-refractivity contribution in [3.63, 3.8) is 0 Å². The van der Waals surface area contributed by atoms with Gasteiger partial charge in [0.25, 0.3) is 11.1 Å². The normalized spacial score (nSPS) is 13.8. The van der Waals surface area contributed by atoms with Gasteiger partial charge in [0.2, 0.25) is 0 Å². The fraction of sp³-hybridized carbons (Fsp3) is 0.320. The number of halogens is 7. The average Bonchev–Trinajstić information content (AvgIpc) is 2.84. The van der Waals surface area contributed by atoms with Crippen molar-refractivity contribution < 1.29 is 30.7 Å². The molecule has 8 nitrogen and oxygen atoms in total. The molecule has 3 heterocycles. The van der Waals surface area contributed by atoms with E-state index in [9.17, 15) is 40.3 Å². The topological polar surface area (TPSA) is 106 Å². The summed E-state index contributed by atoms with van der Waals surface area (Å²) in [6.07, 6.45) is -5.84. The van der Waals surface area contributed by atoms with Crippen LogP contribution in [0, 0.1) is 11.7 Å².